The molecule has 4 nitrogen and oxygen atoms in total. The summed E-state index contributed by atoms with van der Waals surface area (Å²) in [4.78, 5) is 0. The first kappa shape index (κ1) is 13.8. The lowest BCUT2D eigenvalue weighted by atomic mass is 9.87. The van der Waals surface area contributed by atoms with Crippen molar-refractivity contribution in [3.05, 3.63) is 0 Å². The van der Waals surface area contributed by atoms with Gasteiger partial charge >= 0.3 is 0 Å². The normalized spacial score (nSPS) is 42.0. The predicted octanol–water partition coefficient (Wildman–Crippen LogP) is 0.242. The molecule has 0 aliphatic carbocycles. The molecule has 0 aromatic carbocycles. The highest BCUT2D eigenvalue weighted by atomic mass is 19.1. The van der Waals surface area contributed by atoms with E-state index in [1.54, 1.807) is 0 Å². The second-order valence-corrected chi connectivity index (χ2v) is 4.51. The zero-order valence-electron chi connectivity index (χ0n) is 9.71. The third kappa shape index (κ3) is 2.71. The fourth-order valence-corrected chi connectivity index (χ4v) is 2.18. The summed E-state index contributed by atoms with van der Waals surface area (Å²) in [6.07, 6.45) is -4.40. The molecule has 1 aliphatic heterocycles. The fraction of sp³-hybridized carbons (Fsp3) is 1.00. The van der Waals surface area contributed by atoms with Gasteiger partial charge in [0.2, 0.25) is 0 Å². The number of rotatable bonds is 4. The van der Waals surface area contributed by atoms with Crippen molar-refractivity contribution in [1.29, 1.82) is 0 Å². The average molecular weight is 236 g/mol. The Kier molecular flexibility index (Phi) is 5.11. The topological polar surface area (TPSA) is 69.9 Å². The summed E-state index contributed by atoms with van der Waals surface area (Å²) < 4.78 is 19.1. The Morgan fingerprint density at radius 3 is 2.44 bits per heavy atom. The average Bonchev–Trinajstić information content (AvgIpc) is 2.27. The second kappa shape index (κ2) is 5.91. The Morgan fingerprint density at radius 1 is 1.31 bits per heavy atom. The van der Waals surface area contributed by atoms with Crippen LogP contribution in [-0.2, 0) is 4.74 Å². The third-order valence-corrected chi connectivity index (χ3v) is 3.19. The molecule has 0 aromatic rings. The van der Waals surface area contributed by atoms with E-state index >= 15 is 0 Å². The lowest BCUT2D eigenvalue weighted by Gasteiger charge is -2.41. The number of alkyl halides is 1. The van der Waals surface area contributed by atoms with Crippen molar-refractivity contribution in [2.45, 2.75) is 57.3 Å². The highest BCUT2D eigenvalue weighted by Crippen LogP contribution is 2.29. The summed E-state index contributed by atoms with van der Waals surface area (Å²) >= 11 is 0. The van der Waals surface area contributed by atoms with Gasteiger partial charge in [0.05, 0.1) is 12.7 Å². The van der Waals surface area contributed by atoms with E-state index < -0.39 is 37.2 Å². The number of aliphatic hydroxyl groups excluding tert-OH is 3. The first-order valence-electron chi connectivity index (χ1n) is 5.79. The van der Waals surface area contributed by atoms with Crippen molar-refractivity contribution in [2.75, 3.05) is 6.61 Å². The molecule has 0 bridgehead atoms. The molecule has 0 saturated carbocycles. The van der Waals surface area contributed by atoms with E-state index in [1.807, 2.05) is 13.8 Å². The van der Waals surface area contributed by atoms with Gasteiger partial charge in [0.25, 0.3) is 0 Å². The summed E-state index contributed by atoms with van der Waals surface area (Å²) in [5.41, 5.74) is 0. The molecular formula is C11H21FO4. The number of ether oxygens (including phenoxy) is 1. The Hall–Kier alpha value is -0.230. The van der Waals surface area contributed by atoms with E-state index in [2.05, 4.69) is 0 Å². The van der Waals surface area contributed by atoms with E-state index in [-0.39, 0.29) is 5.92 Å². The molecule has 0 radical (unpaired) electrons. The first-order valence-corrected chi connectivity index (χ1v) is 5.79. The predicted molar refractivity (Wildman–Crippen MR) is 56.7 cm³/mol. The Bertz CT molecular complexity index is 212. The van der Waals surface area contributed by atoms with Gasteiger partial charge in [-0.2, -0.15) is 0 Å². The van der Waals surface area contributed by atoms with Crippen LogP contribution in [0.1, 0.15) is 26.7 Å². The number of hydrogen-bond acceptors (Lipinski definition) is 4. The van der Waals surface area contributed by atoms with Crippen LogP contribution in [0.4, 0.5) is 4.39 Å². The molecular weight excluding hydrogens is 215 g/mol. The number of hydrogen-bond donors (Lipinski definition) is 3. The highest BCUT2D eigenvalue weighted by molar-refractivity contribution is 4.93. The molecule has 0 spiro atoms. The van der Waals surface area contributed by atoms with Crippen LogP contribution in [0.2, 0.25) is 0 Å². The van der Waals surface area contributed by atoms with Crippen LogP contribution in [0.25, 0.3) is 0 Å². The fourth-order valence-electron chi connectivity index (χ4n) is 2.18. The minimum Gasteiger partial charge on any atom is -0.394 e. The molecule has 16 heavy (non-hydrogen) atoms. The van der Waals surface area contributed by atoms with Gasteiger partial charge in [-0.05, 0) is 12.3 Å². The van der Waals surface area contributed by atoms with Crippen molar-refractivity contribution in [2.24, 2.45) is 5.92 Å². The molecule has 0 aromatic heterocycles. The van der Waals surface area contributed by atoms with Crippen LogP contribution >= 0.6 is 0 Å². The summed E-state index contributed by atoms with van der Waals surface area (Å²) in [5, 5.41) is 28.0. The highest BCUT2D eigenvalue weighted by Gasteiger charge is 2.46. The van der Waals surface area contributed by atoms with Crippen molar-refractivity contribution >= 4 is 0 Å². The number of aliphatic hydroxyl groups is 3. The van der Waals surface area contributed by atoms with Crippen molar-refractivity contribution < 1.29 is 24.4 Å². The molecule has 96 valence electrons. The largest absolute Gasteiger partial charge is 0.394 e. The van der Waals surface area contributed by atoms with Gasteiger partial charge in [-0.25, -0.2) is 4.39 Å². The van der Waals surface area contributed by atoms with Crippen LogP contribution in [0.15, 0.2) is 0 Å². The SMILES string of the molecule is CCCC(C)C1OC(CO)C(O)C(O)C1F. The van der Waals surface area contributed by atoms with Gasteiger partial charge in [0.15, 0.2) is 6.17 Å². The van der Waals surface area contributed by atoms with E-state index in [4.69, 9.17) is 9.84 Å². The standard InChI is InChI=1S/C11H21FO4/c1-3-4-6(2)11-8(12)10(15)9(14)7(5-13)16-11/h6-11,13-15H,3-5H2,1-2H3. The number of halogens is 1. The molecule has 6 unspecified atom stereocenters. The molecule has 1 heterocycles. The van der Waals surface area contributed by atoms with E-state index in [1.165, 1.54) is 0 Å². The monoisotopic (exact) mass is 236 g/mol. The van der Waals surface area contributed by atoms with Gasteiger partial charge < -0.3 is 20.1 Å². The minimum absolute atomic E-state index is 0.0452. The van der Waals surface area contributed by atoms with Crippen molar-refractivity contribution in [1.82, 2.24) is 0 Å². The summed E-state index contributed by atoms with van der Waals surface area (Å²) in [6.45, 7) is 3.42. The minimum atomic E-state index is -1.60. The van der Waals surface area contributed by atoms with Gasteiger partial charge in [-0.1, -0.05) is 20.3 Å². The van der Waals surface area contributed by atoms with E-state index in [9.17, 15) is 14.6 Å². The summed E-state index contributed by atoms with van der Waals surface area (Å²) in [7, 11) is 0. The molecule has 5 heteroatoms. The maximum absolute atomic E-state index is 13.8. The maximum Gasteiger partial charge on any atom is 0.155 e. The Labute approximate surface area is 95.0 Å². The maximum atomic E-state index is 13.8. The van der Waals surface area contributed by atoms with Gasteiger partial charge in [-0.3, -0.25) is 0 Å². The Balaban J connectivity index is 2.70. The quantitative estimate of drug-likeness (QED) is 0.654. The molecule has 0 amide bonds. The van der Waals surface area contributed by atoms with Crippen LogP contribution in [0, 0.1) is 5.92 Å². The molecule has 6 atom stereocenters. The first-order chi connectivity index (χ1) is 7.52. The van der Waals surface area contributed by atoms with Crippen LogP contribution in [0.5, 0.6) is 0 Å². The van der Waals surface area contributed by atoms with Crippen molar-refractivity contribution in [3.63, 3.8) is 0 Å². The molecule has 1 aliphatic rings. The van der Waals surface area contributed by atoms with Crippen LogP contribution in [-0.4, -0.2) is 52.5 Å². The molecule has 3 N–H and O–H groups in total. The van der Waals surface area contributed by atoms with Gasteiger partial charge in [0, 0.05) is 0 Å². The van der Waals surface area contributed by atoms with Crippen molar-refractivity contribution in [3.8, 4) is 0 Å². The second-order valence-electron chi connectivity index (χ2n) is 4.51. The van der Waals surface area contributed by atoms with Gasteiger partial charge in [-0.15, -0.1) is 0 Å². The van der Waals surface area contributed by atoms with Crippen LogP contribution < -0.4 is 0 Å². The third-order valence-electron chi connectivity index (χ3n) is 3.19. The van der Waals surface area contributed by atoms with E-state index in [0.717, 1.165) is 12.8 Å². The zero-order chi connectivity index (χ0) is 12.3. The van der Waals surface area contributed by atoms with E-state index in [0.29, 0.717) is 0 Å². The molecule has 1 rings (SSSR count). The van der Waals surface area contributed by atoms with Gasteiger partial charge in [0.1, 0.15) is 18.3 Å². The molecule has 1 saturated heterocycles. The lowest BCUT2D eigenvalue weighted by molar-refractivity contribution is -0.223. The summed E-state index contributed by atoms with van der Waals surface area (Å²) in [6, 6.07) is 0. The zero-order valence-corrected chi connectivity index (χ0v) is 9.71. The van der Waals surface area contributed by atoms with Crippen LogP contribution in [0.3, 0.4) is 0 Å². The summed E-state index contributed by atoms with van der Waals surface area (Å²) in [5.74, 6) is -0.0452. The smallest absolute Gasteiger partial charge is 0.155 e. The lowest BCUT2D eigenvalue weighted by Crippen LogP contribution is -2.58. The Morgan fingerprint density at radius 2 is 1.94 bits per heavy atom. The molecule has 1 fully saturated rings.